The molecule has 0 fully saturated rings. The first-order valence-electron chi connectivity index (χ1n) is 8.34. The van der Waals surface area contributed by atoms with Crippen LogP contribution in [0.2, 0.25) is 0 Å². The topological polar surface area (TPSA) is 46.5 Å². The van der Waals surface area contributed by atoms with Gasteiger partial charge in [0.1, 0.15) is 11.5 Å². The van der Waals surface area contributed by atoms with Crippen molar-refractivity contribution in [1.29, 1.82) is 0 Å². The smallest absolute Gasteiger partial charge is 0.344 e. The number of fused-ring (bicyclic) bond motifs is 1. The van der Waals surface area contributed by atoms with Crippen molar-refractivity contribution in [3.05, 3.63) is 52.1 Å². The Morgan fingerprint density at radius 2 is 1.83 bits per heavy atom. The molecule has 24 heavy (non-hydrogen) atoms. The molecule has 3 heteroatoms. The van der Waals surface area contributed by atoms with E-state index in [1.165, 1.54) is 11.1 Å². The molecule has 1 aromatic carbocycles. The summed E-state index contributed by atoms with van der Waals surface area (Å²) in [7, 11) is 0. The quantitative estimate of drug-likeness (QED) is 0.344. The summed E-state index contributed by atoms with van der Waals surface area (Å²) in [6, 6.07) is 3.29. The molecule has 3 nitrogen and oxygen atoms in total. The number of hydrogen-bond acceptors (Lipinski definition) is 3. The number of esters is 1. The molecule has 1 heterocycles. The number of phenols is 1. The Labute approximate surface area is 144 Å². The number of ether oxygens (including phenoxy) is 1. The van der Waals surface area contributed by atoms with Gasteiger partial charge >= 0.3 is 5.97 Å². The predicted octanol–water partition coefficient (Wildman–Crippen LogP) is 5.34. The summed E-state index contributed by atoms with van der Waals surface area (Å²) in [5, 5.41) is 10.0. The highest BCUT2D eigenvalue weighted by Crippen LogP contribution is 2.41. The van der Waals surface area contributed by atoms with E-state index in [1.807, 2.05) is 13.8 Å². The summed E-state index contributed by atoms with van der Waals surface area (Å²) in [6.07, 6.45) is 7.04. The van der Waals surface area contributed by atoms with Gasteiger partial charge < -0.3 is 9.84 Å². The number of allylic oxidation sites excluding steroid dienone is 5. The molecular weight excluding hydrogens is 300 g/mol. The second kappa shape index (κ2) is 7.52. The van der Waals surface area contributed by atoms with Gasteiger partial charge in [-0.05, 0) is 66.0 Å². The zero-order valence-electron chi connectivity index (χ0n) is 15.2. The number of phenolic OH excluding ortho intramolecular Hbond substituents is 1. The van der Waals surface area contributed by atoms with Crippen molar-refractivity contribution < 1.29 is 14.6 Å². The second-order valence-electron chi connectivity index (χ2n) is 6.82. The molecule has 0 atom stereocenters. The van der Waals surface area contributed by atoms with Gasteiger partial charge in [-0.3, -0.25) is 0 Å². The zero-order chi connectivity index (χ0) is 17.9. The second-order valence-corrected chi connectivity index (χ2v) is 6.82. The molecular formula is C21H26O3. The first kappa shape index (κ1) is 18.1. The lowest BCUT2D eigenvalue weighted by atomic mass is 9.98. The van der Waals surface area contributed by atoms with E-state index in [-0.39, 0.29) is 11.7 Å². The molecule has 2 rings (SSSR count). The molecule has 0 aliphatic carbocycles. The zero-order valence-corrected chi connectivity index (χ0v) is 15.2. The number of rotatable bonds is 5. The number of hydrogen-bond donors (Lipinski definition) is 1. The van der Waals surface area contributed by atoms with Crippen molar-refractivity contribution in [3.8, 4) is 11.5 Å². The van der Waals surface area contributed by atoms with E-state index in [1.54, 1.807) is 12.1 Å². The van der Waals surface area contributed by atoms with Gasteiger partial charge in [0.25, 0.3) is 0 Å². The predicted molar refractivity (Wildman–Crippen MR) is 98.1 cm³/mol. The lowest BCUT2D eigenvalue weighted by Crippen LogP contribution is -2.02. The SMILES string of the molecule is CC(C)=CCC/C(C)=C/Cc1cc(O)cc2c1OC(=O)C2=C(C)C. The van der Waals surface area contributed by atoms with Crippen molar-refractivity contribution in [1.82, 2.24) is 0 Å². The highest BCUT2D eigenvalue weighted by Gasteiger charge is 2.30. The Morgan fingerprint density at radius 1 is 1.12 bits per heavy atom. The highest BCUT2D eigenvalue weighted by atomic mass is 16.5. The van der Waals surface area contributed by atoms with Gasteiger partial charge in [-0.1, -0.05) is 28.9 Å². The van der Waals surface area contributed by atoms with Gasteiger partial charge in [0.2, 0.25) is 0 Å². The van der Waals surface area contributed by atoms with E-state index in [2.05, 4.69) is 32.9 Å². The third-order valence-electron chi connectivity index (χ3n) is 4.08. The van der Waals surface area contributed by atoms with Crippen LogP contribution in [0.4, 0.5) is 0 Å². The van der Waals surface area contributed by atoms with Crippen molar-refractivity contribution in [2.75, 3.05) is 0 Å². The van der Waals surface area contributed by atoms with Crippen LogP contribution < -0.4 is 4.74 Å². The fourth-order valence-electron chi connectivity index (χ4n) is 2.83. The molecule has 128 valence electrons. The molecule has 1 aliphatic heterocycles. The van der Waals surface area contributed by atoms with Crippen molar-refractivity contribution in [2.45, 2.75) is 53.9 Å². The van der Waals surface area contributed by atoms with Gasteiger partial charge in [-0.15, -0.1) is 0 Å². The summed E-state index contributed by atoms with van der Waals surface area (Å²) in [6.45, 7) is 10.1. The van der Waals surface area contributed by atoms with Gasteiger partial charge in [0.15, 0.2) is 0 Å². The Morgan fingerprint density at radius 3 is 2.46 bits per heavy atom. The van der Waals surface area contributed by atoms with Gasteiger partial charge in [0.05, 0.1) is 5.57 Å². The molecule has 0 bridgehead atoms. The third-order valence-corrected chi connectivity index (χ3v) is 4.08. The fourth-order valence-corrected chi connectivity index (χ4v) is 2.83. The van der Waals surface area contributed by atoms with Gasteiger partial charge in [0, 0.05) is 11.1 Å². The number of benzene rings is 1. The van der Waals surface area contributed by atoms with Crippen LogP contribution in [-0.4, -0.2) is 11.1 Å². The van der Waals surface area contributed by atoms with Crippen molar-refractivity contribution in [2.24, 2.45) is 0 Å². The Balaban J connectivity index is 2.25. The lowest BCUT2D eigenvalue weighted by molar-refractivity contribution is -0.127. The van der Waals surface area contributed by atoms with E-state index in [4.69, 9.17) is 4.74 Å². The molecule has 0 radical (unpaired) electrons. The average molecular weight is 326 g/mol. The molecule has 0 amide bonds. The van der Waals surface area contributed by atoms with Crippen LogP contribution >= 0.6 is 0 Å². The minimum absolute atomic E-state index is 0.163. The summed E-state index contributed by atoms with van der Waals surface area (Å²) in [5.74, 6) is 0.417. The summed E-state index contributed by atoms with van der Waals surface area (Å²) >= 11 is 0. The molecule has 0 spiro atoms. The maximum Gasteiger partial charge on any atom is 0.344 e. The average Bonchev–Trinajstić information content (AvgIpc) is 2.80. The Bertz CT molecular complexity index is 741. The standard InChI is InChI=1S/C21H26O3/c1-13(2)7-6-8-15(5)9-10-16-11-17(22)12-18-19(14(3)4)21(23)24-20(16)18/h7,9,11-12,22H,6,8,10H2,1-5H3/b15-9+. The summed E-state index contributed by atoms with van der Waals surface area (Å²) in [4.78, 5) is 12.1. The Hall–Kier alpha value is -2.29. The van der Waals surface area contributed by atoms with Gasteiger partial charge in [-0.25, -0.2) is 4.79 Å². The van der Waals surface area contributed by atoms with Crippen molar-refractivity contribution in [3.63, 3.8) is 0 Å². The van der Waals surface area contributed by atoms with Crippen LogP contribution in [0.5, 0.6) is 11.5 Å². The van der Waals surface area contributed by atoms with Crippen LogP contribution in [-0.2, 0) is 11.2 Å². The highest BCUT2D eigenvalue weighted by molar-refractivity contribution is 6.22. The molecule has 0 saturated carbocycles. The summed E-state index contributed by atoms with van der Waals surface area (Å²) in [5.41, 5.74) is 5.61. The molecule has 0 saturated heterocycles. The van der Waals surface area contributed by atoms with E-state index >= 15 is 0 Å². The van der Waals surface area contributed by atoms with Crippen molar-refractivity contribution >= 4 is 11.5 Å². The van der Waals surface area contributed by atoms with E-state index < -0.39 is 0 Å². The van der Waals surface area contributed by atoms with E-state index in [0.717, 1.165) is 24.0 Å². The molecule has 1 aliphatic rings. The molecule has 1 aromatic rings. The number of aromatic hydroxyl groups is 1. The normalized spacial score (nSPS) is 13.6. The largest absolute Gasteiger partial charge is 0.508 e. The van der Waals surface area contributed by atoms with Crippen LogP contribution in [0.15, 0.2) is 41.0 Å². The molecule has 0 aromatic heterocycles. The molecule has 1 N–H and O–H groups in total. The molecule has 0 unspecified atom stereocenters. The number of carbonyl (C=O) groups excluding carboxylic acids is 1. The minimum atomic E-state index is -0.332. The van der Waals surface area contributed by atoms with Gasteiger partial charge in [-0.2, -0.15) is 0 Å². The van der Waals surface area contributed by atoms with Crippen LogP contribution in [0.3, 0.4) is 0 Å². The Kier molecular flexibility index (Phi) is 5.66. The van der Waals surface area contributed by atoms with Crippen LogP contribution in [0.25, 0.3) is 5.57 Å². The maximum atomic E-state index is 12.1. The first-order valence-corrected chi connectivity index (χ1v) is 8.34. The lowest BCUT2D eigenvalue weighted by Gasteiger charge is -2.07. The summed E-state index contributed by atoms with van der Waals surface area (Å²) < 4.78 is 5.47. The number of carbonyl (C=O) groups is 1. The maximum absolute atomic E-state index is 12.1. The van der Waals surface area contributed by atoms with Crippen LogP contribution in [0, 0.1) is 0 Å². The monoisotopic (exact) mass is 326 g/mol. The third kappa shape index (κ3) is 4.16. The van der Waals surface area contributed by atoms with Crippen LogP contribution in [0.1, 0.15) is 58.6 Å². The minimum Gasteiger partial charge on any atom is -0.508 e. The van der Waals surface area contributed by atoms with E-state index in [0.29, 0.717) is 23.3 Å². The fraction of sp³-hybridized carbons (Fsp3) is 0.381. The van der Waals surface area contributed by atoms with E-state index in [9.17, 15) is 9.90 Å². The first-order chi connectivity index (χ1) is 11.3.